The third kappa shape index (κ3) is 5.87. The maximum Gasteiger partial charge on any atom is 0.258 e. The number of hydrogen-bond acceptors (Lipinski definition) is 5. The van der Waals surface area contributed by atoms with Crippen LogP contribution in [0.25, 0.3) is 11.6 Å². The monoisotopic (exact) mass is 458 g/mol. The Morgan fingerprint density at radius 2 is 1.88 bits per heavy atom. The van der Waals surface area contributed by atoms with E-state index in [0.29, 0.717) is 40.6 Å². The van der Waals surface area contributed by atoms with E-state index in [9.17, 15) is 10.1 Å². The van der Waals surface area contributed by atoms with E-state index in [1.54, 1.807) is 27.0 Å². The van der Waals surface area contributed by atoms with Gasteiger partial charge in [-0.3, -0.25) is 10.1 Å². The lowest BCUT2D eigenvalue weighted by atomic mass is 10.0. The first kappa shape index (κ1) is 24.7. The Morgan fingerprint density at radius 3 is 2.56 bits per heavy atom. The second-order valence-electron chi connectivity index (χ2n) is 7.94. The van der Waals surface area contributed by atoms with E-state index >= 15 is 0 Å². The molecule has 0 radical (unpaired) electrons. The molecule has 2 aromatic carbocycles. The van der Waals surface area contributed by atoms with Gasteiger partial charge in [-0.1, -0.05) is 56.2 Å². The van der Waals surface area contributed by atoms with E-state index in [1.807, 2.05) is 48.5 Å². The van der Waals surface area contributed by atoms with Crippen LogP contribution in [0.1, 0.15) is 54.2 Å². The van der Waals surface area contributed by atoms with E-state index in [1.165, 1.54) is 0 Å². The van der Waals surface area contributed by atoms with Crippen LogP contribution >= 0.6 is 0 Å². The number of rotatable bonds is 10. The highest BCUT2D eigenvalue weighted by Gasteiger charge is 2.20. The summed E-state index contributed by atoms with van der Waals surface area (Å²) in [5, 5.41) is 12.3. The summed E-state index contributed by atoms with van der Waals surface area (Å²) in [6.07, 6.45) is 5.00. The number of hydrogen-bond donors (Lipinski definition) is 1. The van der Waals surface area contributed by atoms with Crippen molar-refractivity contribution in [1.29, 1.82) is 5.26 Å². The Kier molecular flexibility index (Phi) is 8.53. The molecule has 3 aromatic rings. The fourth-order valence-electron chi connectivity index (χ4n) is 3.51. The summed E-state index contributed by atoms with van der Waals surface area (Å²) in [5.74, 6) is 1.63. The molecule has 1 N–H and O–H groups in total. The molecule has 0 saturated carbocycles. The zero-order valence-corrected chi connectivity index (χ0v) is 20.1. The molecule has 6 heteroatoms. The second-order valence-corrected chi connectivity index (χ2v) is 7.94. The number of furan rings is 1. The first-order valence-corrected chi connectivity index (χ1v) is 11.4. The molecular weight excluding hydrogens is 428 g/mol. The zero-order valence-electron chi connectivity index (χ0n) is 20.1. The maximum atomic E-state index is 13.3. The molecule has 0 unspecified atom stereocenters. The van der Waals surface area contributed by atoms with Gasteiger partial charge in [0.25, 0.3) is 5.91 Å². The number of methoxy groups -OCH3 is 1. The largest absolute Gasteiger partial charge is 0.493 e. The van der Waals surface area contributed by atoms with Crippen LogP contribution in [0, 0.1) is 25.2 Å². The Bertz CT molecular complexity index is 1200. The molecule has 0 saturated heterocycles. The van der Waals surface area contributed by atoms with Crippen molar-refractivity contribution >= 4 is 23.4 Å². The van der Waals surface area contributed by atoms with Crippen LogP contribution in [-0.2, 0) is 4.79 Å². The van der Waals surface area contributed by atoms with Crippen molar-refractivity contribution in [2.45, 2.75) is 40.0 Å². The van der Waals surface area contributed by atoms with Crippen LogP contribution in [0.2, 0.25) is 0 Å². The van der Waals surface area contributed by atoms with Gasteiger partial charge >= 0.3 is 0 Å². The second kappa shape index (κ2) is 11.8. The van der Waals surface area contributed by atoms with Crippen molar-refractivity contribution in [2.75, 3.05) is 19.0 Å². The van der Waals surface area contributed by atoms with Crippen LogP contribution in [-0.4, -0.2) is 19.6 Å². The van der Waals surface area contributed by atoms with Crippen molar-refractivity contribution in [2.24, 2.45) is 0 Å². The van der Waals surface area contributed by atoms with Crippen LogP contribution < -0.4 is 14.8 Å². The molecule has 3 rings (SSSR count). The van der Waals surface area contributed by atoms with Crippen molar-refractivity contribution in [3.8, 4) is 17.6 Å². The highest BCUT2D eigenvalue weighted by Crippen LogP contribution is 2.31. The molecule has 0 spiro atoms. The number of benzene rings is 2. The van der Waals surface area contributed by atoms with Gasteiger partial charge in [0, 0.05) is 11.1 Å². The molecular formula is C28H30N2O4. The fourth-order valence-corrected chi connectivity index (χ4v) is 3.51. The lowest BCUT2D eigenvalue weighted by molar-refractivity contribution is -0.111. The molecule has 0 bridgehead atoms. The summed E-state index contributed by atoms with van der Waals surface area (Å²) in [7, 11) is 1.59. The van der Waals surface area contributed by atoms with Gasteiger partial charge in [-0.2, -0.15) is 5.26 Å². The number of nitrogens with one attached hydrogen (secondary N) is 1. The average Bonchev–Trinajstić information content (AvgIpc) is 3.12. The number of unbranched alkanes of at least 4 members (excludes halogenated alkanes) is 2. The molecule has 34 heavy (non-hydrogen) atoms. The number of aryl methyl sites for hydroxylation is 1. The van der Waals surface area contributed by atoms with Gasteiger partial charge in [-0.15, -0.1) is 0 Å². The van der Waals surface area contributed by atoms with Gasteiger partial charge in [-0.05, 0) is 49.6 Å². The first-order valence-electron chi connectivity index (χ1n) is 11.4. The summed E-state index contributed by atoms with van der Waals surface area (Å²) in [4.78, 5) is 13.3. The highest BCUT2D eigenvalue weighted by atomic mass is 16.5. The molecule has 0 aliphatic rings. The third-order valence-electron chi connectivity index (χ3n) is 5.56. The predicted molar refractivity (Wildman–Crippen MR) is 134 cm³/mol. The number of nitrogens with zero attached hydrogens (tertiary/aromatic N) is 1. The molecule has 6 nitrogen and oxygen atoms in total. The first-order chi connectivity index (χ1) is 16.5. The minimum absolute atomic E-state index is 0.151. The average molecular weight is 459 g/mol. The Morgan fingerprint density at radius 1 is 1.12 bits per heavy atom. The van der Waals surface area contributed by atoms with Crippen molar-refractivity contribution < 1.29 is 18.7 Å². The van der Waals surface area contributed by atoms with Crippen LogP contribution in [0.5, 0.6) is 11.5 Å². The summed E-state index contributed by atoms with van der Waals surface area (Å²) < 4.78 is 17.0. The van der Waals surface area contributed by atoms with E-state index in [4.69, 9.17) is 13.9 Å². The fraction of sp³-hybridized carbons (Fsp3) is 0.286. The topological polar surface area (TPSA) is 84.5 Å². The summed E-state index contributed by atoms with van der Waals surface area (Å²) in [6, 6.07) is 17.0. The number of carbonyl (C=O) groups excluding carboxylic acids is 1. The standard InChI is InChI=1S/C28H30N2O4/c1-5-6-10-15-33-25-14-13-21(17-26(25)32-4)16-23(22-11-8-7-9-12-22)27(31)30-28-24(18-29)19(2)20(3)34-28/h7-9,11-14,16-17H,5-6,10,15H2,1-4H3,(H,30,31)/b23-16+. The molecule has 0 aliphatic carbocycles. The van der Waals surface area contributed by atoms with Crippen molar-refractivity contribution in [3.05, 3.63) is 76.5 Å². The minimum atomic E-state index is -0.379. The summed E-state index contributed by atoms with van der Waals surface area (Å²) in [5.41, 5.74) is 2.97. The maximum absolute atomic E-state index is 13.3. The highest BCUT2D eigenvalue weighted by molar-refractivity contribution is 6.29. The lowest BCUT2D eigenvalue weighted by Gasteiger charge is -2.12. The molecule has 0 fully saturated rings. The summed E-state index contributed by atoms with van der Waals surface area (Å²) >= 11 is 0. The predicted octanol–water partition coefficient (Wildman–Crippen LogP) is 6.53. The SMILES string of the molecule is CCCCCOc1ccc(/C=C(/C(=O)Nc2oc(C)c(C)c2C#N)c2ccccc2)cc1OC. The molecule has 0 aliphatic heterocycles. The minimum Gasteiger partial charge on any atom is -0.493 e. The van der Waals surface area contributed by atoms with Crippen LogP contribution in [0.3, 0.4) is 0 Å². The number of nitriles is 1. The number of amides is 1. The molecule has 1 aromatic heterocycles. The van der Waals surface area contributed by atoms with Crippen LogP contribution in [0.4, 0.5) is 5.88 Å². The van der Waals surface area contributed by atoms with Gasteiger partial charge in [0.15, 0.2) is 11.5 Å². The van der Waals surface area contributed by atoms with Gasteiger partial charge in [-0.25, -0.2) is 0 Å². The molecule has 1 heterocycles. The number of ether oxygens (including phenoxy) is 2. The third-order valence-corrected chi connectivity index (χ3v) is 5.56. The van der Waals surface area contributed by atoms with Gasteiger partial charge in [0.05, 0.1) is 13.7 Å². The smallest absolute Gasteiger partial charge is 0.258 e. The van der Waals surface area contributed by atoms with Gasteiger partial charge in [0.1, 0.15) is 17.4 Å². The Hall–Kier alpha value is -3.98. The summed E-state index contributed by atoms with van der Waals surface area (Å²) in [6.45, 7) is 6.33. The van der Waals surface area contributed by atoms with E-state index < -0.39 is 0 Å². The van der Waals surface area contributed by atoms with Crippen LogP contribution in [0.15, 0.2) is 52.9 Å². The lowest BCUT2D eigenvalue weighted by Crippen LogP contribution is -2.14. The quantitative estimate of drug-likeness (QED) is 0.212. The Labute approximate surface area is 200 Å². The number of anilines is 1. The zero-order chi connectivity index (χ0) is 24.5. The van der Waals surface area contributed by atoms with Gasteiger partial charge < -0.3 is 13.9 Å². The Balaban J connectivity index is 1.94. The molecule has 0 atom stereocenters. The van der Waals surface area contributed by atoms with E-state index in [2.05, 4.69) is 18.3 Å². The number of carbonyl (C=O) groups is 1. The molecule has 1 amide bonds. The van der Waals surface area contributed by atoms with Gasteiger partial charge in [0.2, 0.25) is 5.88 Å². The van der Waals surface area contributed by atoms with E-state index in [-0.39, 0.29) is 11.8 Å². The van der Waals surface area contributed by atoms with E-state index in [0.717, 1.165) is 30.4 Å². The normalized spacial score (nSPS) is 11.1. The van der Waals surface area contributed by atoms with Crippen molar-refractivity contribution in [3.63, 3.8) is 0 Å². The molecule has 176 valence electrons. The van der Waals surface area contributed by atoms with Crippen molar-refractivity contribution in [1.82, 2.24) is 0 Å².